The number of nitrogens with two attached hydrogens (primary N) is 1. The van der Waals surface area contributed by atoms with Gasteiger partial charge in [-0.25, -0.2) is 9.07 Å². The van der Waals surface area contributed by atoms with Crippen LogP contribution in [-0.4, -0.2) is 15.0 Å². The fourth-order valence-corrected chi connectivity index (χ4v) is 2.36. The third-order valence-electron chi connectivity index (χ3n) is 3.44. The molecule has 0 bridgehead atoms. The fraction of sp³-hybridized carbons (Fsp3) is 0.200. The van der Waals surface area contributed by atoms with Crippen LogP contribution < -0.4 is 10.5 Å². The van der Waals surface area contributed by atoms with Gasteiger partial charge in [0.15, 0.2) is 11.6 Å². The average Bonchev–Trinajstić information content (AvgIpc) is 2.80. The Bertz CT molecular complexity index is 841. The number of hydrogen-bond donors (Lipinski definition) is 1. The molecule has 1 aromatic heterocycles. The number of fused-ring (bicyclic) bond motifs is 1. The van der Waals surface area contributed by atoms with Crippen molar-refractivity contribution in [2.75, 3.05) is 5.73 Å². The molecule has 0 aliphatic carbocycles. The lowest BCUT2D eigenvalue weighted by atomic mass is 10.1. The molecule has 0 saturated heterocycles. The van der Waals surface area contributed by atoms with Crippen molar-refractivity contribution in [3.05, 3.63) is 41.2 Å². The highest BCUT2D eigenvalue weighted by Crippen LogP contribution is 2.33. The second-order valence-corrected chi connectivity index (χ2v) is 5.02. The van der Waals surface area contributed by atoms with Gasteiger partial charge in [-0.15, -0.1) is 5.10 Å². The standard InChI is InChI=1S/C15H15FN4O/c1-8-6-10(17)4-5-12(8)21-13-7-11-15(9(2)14(13)16)20(3)19-18-11/h4-7H,17H2,1-3H3. The number of anilines is 1. The van der Waals surface area contributed by atoms with Gasteiger partial charge < -0.3 is 10.5 Å². The van der Waals surface area contributed by atoms with Crippen LogP contribution in [0.3, 0.4) is 0 Å². The summed E-state index contributed by atoms with van der Waals surface area (Å²) in [6.45, 7) is 3.54. The Balaban J connectivity index is 2.10. The molecular weight excluding hydrogens is 271 g/mol. The van der Waals surface area contributed by atoms with Crippen molar-refractivity contribution >= 4 is 16.7 Å². The molecule has 3 rings (SSSR count). The number of halogens is 1. The molecule has 2 N–H and O–H groups in total. The Kier molecular flexibility index (Phi) is 3.01. The highest BCUT2D eigenvalue weighted by molar-refractivity contribution is 5.80. The average molecular weight is 286 g/mol. The number of aryl methyl sites for hydroxylation is 3. The molecule has 5 nitrogen and oxygen atoms in total. The van der Waals surface area contributed by atoms with E-state index in [1.54, 1.807) is 42.9 Å². The second-order valence-electron chi connectivity index (χ2n) is 5.02. The molecule has 1 heterocycles. The molecule has 0 spiro atoms. The quantitative estimate of drug-likeness (QED) is 0.735. The molecule has 0 aliphatic rings. The van der Waals surface area contributed by atoms with Gasteiger partial charge in [0.2, 0.25) is 0 Å². The Hall–Kier alpha value is -2.63. The van der Waals surface area contributed by atoms with Crippen LogP contribution in [0.25, 0.3) is 11.0 Å². The summed E-state index contributed by atoms with van der Waals surface area (Å²) < 4.78 is 21.7. The topological polar surface area (TPSA) is 66.0 Å². The van der Waals surface area contributed by atoms with E-state index in [2.05, 4.69) is 10.3 Å². The van der Waals surface area contributed by atoms with E-state index in [4.69, 9.17) is 10.5 Å². The van der Waals surface area contributed by atoms with Gasteiger partial charge in [-0.2, -0.15) is 0 Å². The van der Waals surface area contributed by atoms with Crippen LogP contribution in [0.4, 0.5) is 10.1 Å². The molecule has 0 radical (unpaired) electrons. The summed E-state index contributed by atoms with van der Waals surface area (Å²) in [6, 6.07) is 6.77. The van der Waals surface area contributed by atoms with Crippen molar-refractivity contribution in [3.63, 3.8) is 0 Å². The summed E-state index contributed by atoms with van der Waals surface area (Å²) in [7, 11) is 1.73. The maximum absolute atomic E-state index is 14.5. The molecule has 0 fully saturated rings. The lowest BCUT2D eigenvalue weighted by Gasteiger charge is -2.11. The van der Waals surface area contributed by atoms with Crippen molar-refractivity contribution < 1.29 is 9.13 Å². The van der Waals surface area contributed by atoms with Crippen molar-refractivity contribution in [1.29, 1.82) is 0 Å². The minimum atomic E-state index is -0.413. The number of hydrogen-bond acceptors (Lipinski definition) is 4. The lowest BCUT2D eigenvalue weighted by Crippen LogP contribution is -1.97. The highest BCUT2D eigenvalue weighted by Gasteiger charge is 2.16. The number of aromatic nitrogens is 3. The van der Waals surface area contributed by atoms with Gasteiger partial charge >= 0.3 is 0 Å². The van der Waals surface area contributed by atoms with Gasteiger partial charge in [-0.05, 0) is 37.6 Å². The third-order valence-corrected chi connectivity index (χ3v) is 3.44. The van der Waals surface area contributed by atoms with Crippen LogP contribution in [0.5, 0.6) is 11.5 Å². The molecular formula is C15H15FN4O. The summed E-state index contributed by atoms with van der Waals surface area (Å²) in [4.78, 5) is 0. The Morgan fingerprint density at radius 1 is 1.19 bits per heavy atom. The lowest BCUT2D eigenvalue weighted by molar-refractivity contribution is 0.438. The smallest absolute Gasteiger partial charge is 0.170 e. The van der Waals surface area contributed by atoms with Gasteiger partial charge in [0.1, 0.15) is 11.3 Å². The van der Waals surface area contributed by atoms with Crippen LogP contribution in [0.1, 0.15) is 11.1 Å². The molecule has 0 aliphatic heterocycles. The van der Waals surface area contributed by atoms with Crippen LogP contribution >= 0.6 is 0 Å². The molecule has 0 unspecified atom stereocenters. The van der Waals surface area contributed by atoms with Crippen molar-refractivity contribution in [1.82, 2.24) is 15.0 Å². The molecule has 21 heavy (non-hydrogen) atoms. The normalized spacial score (nSPS) is 11.0. The highest BCUT2D eigenvalue weighted by atomic mass is 19.1. The van der Waals surface area contributed by atoms with E-state index >= 15 is 0 Å². The minimum Gasteiger partial charge on any atom is -0.454 e. The van der Waals surface area contributed by atoms with Crippen LogP contribution in [0, 0.1) is 19.7 Å². The molecule has 108 valence electrons. The Labute approximate surface area is 121 Å². The minimum absolute atomic E-state index is 0.133. The first kappa shape index (κ1) is 13.4. The van der Waals surface area contributed by atoms with Crippen LogP contribution in [0.15, 0.2) is 24.3 Å². The van der Waals surface area contributed by atoms with Crippen molar-refractivity contribution in [2.24, 2.45) is 7.05 Å². The van der Waals surface area contributed by atoms with E-state index < -0.39 is 5.82 Å². The molecule has 6 heteroatoms. The molecule has 0 amide bonds. The summed E-state index contributed by atoms with van der Waals surface area (Å²) in [6.07, 6.45) is 0. The Morgan fingerprint density at radius 2 is 1.95 bits per heavy atom. The maximum atomic E-state index is 14.5. The summed E-state index contributed by atoms with van der Waals surface area (Å²) in [5, 5.41) is 7.91. The van der Waals surface area contributed by atoms with E-state index in [-0.39, 0.29) is 5.75 Å². The SMILES string of the molecule is Cc1cc(N)ccc1Oc1cc2nnn(C)c2c(C)c1F. The summed E-state index contributed by atoms with van der Waals surface area (Å²) in [5.41, 5.74) is 8.90. The van der Waals surface area contributed by atoms with E-state index in [0.717, 1.165) is 5.56 Å². The van der Waals surface area contributed by atoms with Crippen LogP contribution in [-0.2, 0) is 7.05 Å². The predicted molar refractivity (Wildman–Crippen MR) is 78.9 cm³/mol. The number of ether oxygens (including phenoxy) is 1. The summed E-state index contributed by atoms with van der Waals surface area (Å²) in [5.74, 6) is 0.281. The van der Waals surface area contributed by atoms with Crippen molar-refractivity contribution in [2.45, 2.75) is 13.8 Å². The van der Waals surface area contributed by atoms with Gasteiger partial charge in [0.25, 0.3) is 0 Å². The number of nitrogens with zero attached hydrogens (tertiary/aromatic N) is 3. The summed E-state index contributed by atoms with van der Waals surface area (Å²) >= 11 is 0. The van der Waals surface area contributed by atoms with E-state index in [9.17, 15) is 4.39 Å². The van der Waals surface area contributed by atoms with Gasteiger partial charge in [0.05, 0.1) is 5.52 Å². The maximum Gasteiger partial charge on any atom is 0.170 e. The van der Waals surface area contributed by atoms with Gasteiger partial charge in [0, 0.05) is 24.4 Å². The molecule has 0 atom stereocenters. The zero-order valence-corrected chi connectivity index (χ0v) is 12.0. The molecule has 0 saturated carbocycles. The predicted octanol–water partition coefficient (Wildman–Crippen LogP) is 3.10. The first-order chi connectivity index (χ1) is 9.97. The first-order valence-electron chi connectivity index (χ1n) is 6.50. The largest absolute Gasteiger partial charge is 0.454 e. The number of benzene rings is 2. The zero-order chi connectivity index (χ0) is 15.1. The van der Waals surface area contributed by atoms with E-state index in [1.807, 2.05) is 6.92 Å². The fourth-order valence-electron chi connectivity index (χ4n) is 2.36. The van der Waals surface area contributed by atoms with E-state index in [1.165, 1.54) is 0 Å². The first-order valence-corrected chi connectivity index (χ1v) is 6.50. The molecule has 3 aromatic rings. The van der Waals surface area contributed by atoms with Gasteiger partial charge in [-0.1, -0.05) is 5.21 Å². The van der Waals surface area contributed by atoms with Crippen LogP contribution in [0.2, 0.25) is 0 Å². The molecule has 2 aromatic carbocycles. The second kappa shape index (κ2) is 4.73. The van der Waals surface area contributed by atoms with Crippen molar-refractivity contribution in [3.8, 4) is 11.5 Å². The van der Waals surface area contributed by atoms with E-state index in [0.29, 0.717) is 28.0 Å². The third kappa shape index (κ3) is 2.18. The monoisotopic (exact) mass is 286 g/mol. The zero-order valence-electron chi connectivity index (χ0n) is 12.0. The Morgan fingerprint density at radius 3 is 2.67 bits per heavy atom. The number of rotatable bonds is 2. The number of nitrogen functional groups attached to an aromatic ring is 1. The van der Waals surface area contributed by atoms with Gasteiger partial charge in [-0.3, -0.25) is 0 Å².